The van der Waals surface area contributed by atoms with Gasteiger partial charge in [-0.3, -0.25) is 0 Å². The highest BCUT2D eigenvalue weighted by Gasteiger charge is 2.15. The molecule has 1 saturated heterocycles. The third kappa shape index (κ3) is 6.03. The van der Waals surface area contributed by atoms with E-state index in [1.165, 1.54) is 37.5 Å². The van der Waals surface area contributed by atoms with Crippen LogP contribution in [-0.4, -0.2) is 65.7 Å². The molecule has 0 atom stereocenters. The molecule has 0 amide bonds. The number of rotatable bonds is 10. The number of unbranched alkanes of at least 4 members (excludes halogenated alkanes) is 1. The Morgan fingerprint density at radius 2 is 1.78 bits per heavy atom. The fourth-order valence-electron chi connectivity index (χ4n) is 4.37. The lowest BCUT2D eigenvalue weighted by Crippen LogP contribution is -2.44. The molecule has 0 unspecified atom stereocenters. The average Bonchev–Trinajstić information content (AvgIpc) is 3.15. The van der Waals surface area contributed by atoms with Crippen LogP contribution < -0.4 is 4.74 Å². The molecule has 0 radical (unpaired) electrons. The number of fused-ring (bicyclic) bond motifs is 1. The van der Waals surface area contributed by atoms with Crippen LogP contribution in [0.3, 0.4) is 0 Å². The molecule has 6 heteroatoms. The number of nitrogens with zero attached hydrogens (tertiary/aromatic N) is 4. The maximum Gasteiger partial charge on any atom is 0.119 e. The summed E-state index contributed by atoms with van der Waals surface area (Å²) in [7, 11) is 2.21. The summed E-state index contributed by atoms with van der Waals surface area (Å²) in [5.41, 5.74) is 3.40. The molecule has 0 bridgehead atoms. The van der Waals surface area contributed by atoms with Crippen molar-refractivity contribution in [2.75, 3.05) is 46.4 Å². The molecule has 0 saturated carbocycles. The predicted octanol–water partition coefficient (Wildman–Crippen LogP) is 5.04. The Hall–Kier alpha value is -2.08. The second-order valence-corrected chi connectivity index (χ2v) is 9.29. The quantitative estimate of drug-likeness (QED) is 0.402. The third-order valence-electron chi connectivity index (χ3n) is 6.38. The first-order valence-corrected chi connectivity index (χ1v) is 12.2. The van der Waals surface area contributed by atoms with E-state index in [9.17, 15) is 0 Å². The Morgan fingerprint density at radius 1 is 0.969 bits per heavy atom. The number of hydrogen-bond donors (Lipinski definition) is 0. The van der Waals surface area contributed by atoms with E-state index < -0.39 is 0 Å². The van der Waals surface area contributed by atoms with Crippen LogP contribution in [0.5, 0.6) is 5.75 Å². The van der Waals surface area contributed by atoms with Gasteiger partial charge in [0.2, 0.25) is 0 Å². The predicted molar refractivity (Wildman–Crippen MR) is 133 cm³/mol. The molecular weight excluding hydrogens is 420 g/mol. The number of likely N-dealkylation sites (N-methyl/N-ethyl adjacent to an activating group) is 1. The Kier molecular flexibility index (Phi) is 8.06. The minimum Gasteiger partial charge on any atom is -0.494 e. The summed E-state index contributed by atoms with van der Waals surface area (Å²) >= 11 is 6.10. The van der Waals surface area contributed by atoms with Crippen molar-refractivity contribution in [1.29, 1.82) is 0 Å². The Bertz CT molecular complexity index is 1010. The number of imidazole rings is 1. The van der Waals surface area contributed by atoms with Gasteiger partial charge in [0.25, 0.3) is 0 Å². The van der Waals surface area contributed by atoms with Crippen molar-refractivity contribution in [2.24, 2.45) is 0 Å². The minimum absolute atomic E-state index is 0.715. The zero-order chi connectivity index (χ0) is 22.3. The van der Waals surface area contributed by atoms with Crippen molar-refractivity contribution in [3.05, 3.63) is 58.9 Å². The molecule has 3 aromatic rings. The number of aryl methyl sites for hydroxylation is 3. The second kappa shape index (κ2) is 11.2. The lowest BCUT2D eigenvalue weighted by molar-refractivity contribution is 0.152. The van der Waals surface area contributed by atoms with Crippen molar-refractivity contribution in [3.63, 3.8) is 0 Å². The number of halogens is 1. The molecule has 0 spiro atoms. The fourth-order valence-corrected chi connectivity index (χ4v) is 4.48. The van der Waals surface area contributed by atoms with Gasteiger partial charge in [-0.15, -0.1) is 0 Å². The van der Waals surface area contributed by atoms with Crippen molar-refractivity contribution < 1.29 is 4.74 Å². The monoisotopic (exact) mass is 454 g/mol. The van der Waals surface area contributed by atoms with Crippen molar-refractivity contribution in [3.8, 4) is 5.75 Å². The zero-order valence-electron chi connectivity index (χ0n) is 19.4. The number of benzene rings is 2. The van der Waals surface area contributed by atoms with Gasteiger partial charge in [-0.25, -0.2) is 4.98 Å². The summed E-state index contributed by atoms with van der Waals surface area (Å²) in [6.07, 6.45) is 4.26. The smallest absolute Gasteiger partial charge is 0.119 e. The molecule has 5 nitrogen and oxygen atoms in total. The second-order valence-electron chi connectivity index (χ2n) is 8.88. The summed E-state index contributed by atoms with van der Waals surface area (Å²) in [5.74, 6) is 2.11. The van der Waals surface area contributed by atoms with Crippen LogP contribution in [0.15, 0.2) is 42.5 Å². The molecule has 2 aromatic carbocycles. The Labute approximate surface area is 196 Å². The number of hydrogen-bond acceptors (Lipinski definition) is 4. The molecule has 1 aliphatic heterocycles. The van der Waals surface area contributed by atoms with Gasteiger partial charge in [-0.2, -0.15) is 0 Å². The molecule has 4 rings (SSSR count). The standard InChI is InChI=1S/C26H35ClN4O/c1-21-20-22(11-12-23(21)27)32-19-6-5-14-31-25-9-4-3-8-24(25)28-26(31)10-7-13-30-17-15-29(2)16-18-30/h3-4,8-9,11-12,20H,5-7,10,13-19H2,1-2H3. The first-order chi connectivity index (χ1) is 15.6. The highest BCUT2D eigenvalue weighted by atomic mass is 35.5. The molecule has 2 heterocycles. The van der Waals surface area contributed by atoms with Gasteiger partial charge >= 0.3 is 0 Å². The van der Waals surface area contributed by atoms with E-state index in [0.717, 1.165) is 60.6 Å². The molecule has 0 N–H and O–H groups in total. The summed E-state index contributed by atoms with van der Waals surface area (Å²) in [4.78, 5) is 9.96. The highest BCUT2D eigenvalue weighted by molar-refractivity contribution is 6.31. The number of piperazine rings is 1. The van der Waals surface area contributed by atoms with Crippen LogP contribution in [-0.2, 0) is 13.0 Å². The molecule has 1 fully saturated rings. The van der Waals surface area contributed by atoms with E-state index in [1.54, 1.807) is 0 Å². The van der Waals surface area contributed by atoms with Gasteiger partial charge in [0.05, 0.1) is 17.6 Å². The van der Waals surface area contributed by atoms with Crippen molar-refractivity contribution >= 4 is 22.6 Å². The van der Waals surface area contributed by atoms with Crippen LogP contribution in [0, 0.1) is 6.92 Å². The molecule has 0 aliphatic carbocycles. The SMILES string of the molecule is Cc1cc(OCCCCn2c(CCCN3CCN(C)CC3)nc3ccccc32)ccc1Cl. The fraction of sp³-hybridized carbons (Fsp3) is 0.500. The van der Waals surface area contributed by atoms with Crippen molar-refractivity contribution in [2.45, 2.75) is 39.2 Å². The molecule has 1 aliphatic rings. The molecule has 1 aromatic heterocycles. The van der Waals surface area contributed by atoms with Gasteiger partial charge in [-0.05, 0) is 75.7 Å². The van der Waals surface area contributed by atoms with Gasteiger partial charge in [0.1, 0.15) is 11.6 Å². The summed E-state index contributed by atoms with van der Waals surface area (Å²) in [6.45, 7) is 9.57. The van der Waals surface area contributed by atoms with Crippen LogP contribution >= 0.6 is 11.6 Å². The van der Waals surface area contributed by atoms with Gasteiger partial charge in [0, 0.05) is 44.2 Å². The van der Waals surface area contributed by atoms with Crippen LogP contribution in [0.25, 0.3) is 11.0 Å². The first-order valence-electron chi connectivity index (χ1n) is 11.8. The number of aromatic nitrogens is 2. The van der Waals surface area contributed by atoms with E-state index in [1.807, 2.05) is 25.1 Å². The highest BCUT2D eigenvalue weighted by Crippen LogP contribution is 2.22. The van der Waals surface area contributed by atoms with Gasteiger partial charge in [0.15, 0.2) is 0 Å². The maximum atomic E-state index is 6.10. The summed E-state index contributed by atoms with van der Waals surface area (Å²) in [5, 5.41) is 0.782. The Morgan fingerprint density at radius 3 is 2.59 bits per heavy atom. The van der Waals surface area contributed by atoms with E-state index in [-0.39, 0.29) is 0 Å². The average molecular weight is 455 g/mol. The van der Waals surface area contributed by atoms with Crippen LogP contribution in [0.2, 0.25) is 5.02 Å². The van der Waals surface area contributed by atoms with E-state index in [2.05, 4.69) is 45.7 Å². The van der Waals surface area contributed by atoms with Crippen LogP contribution in [0.1, 0.15) is 30.7 Å². The van der Waals surface area contributed by atoms with Crippen LogP contribution in [0.4, 0.5) is 0 Å². The lowest BCUT2D eigenvalue weighted by Gasteiger charge is -2.32. The van der Waals surface area contributed by atoms with Gasteiger partial charge in [-0.1, -0.05) is 23.7 Å². The molecular formula is C26H35ClN4O. The normalized spacial score (nSPS) is 15.5. The van der Waals surface area contributed by atoms with Gasteiger partial charge < -0.3 is 19.1 Å². The molecule has 172 valence electrons. The summed E-state index contributed by atoms with van der Waals surface area (Å²) in [6, 6.07) is 14.4. The minimum atomic E-state index is 0.715. The maximum absolute atomic E-state index is 6.10. The third-order valence-corrected chi connectivity index (χ3v) is 6.80. The number of ether oxygens (including phenoxy) is 1. The zero-order valence-corrected chi connectivity index (χ0v) is 20.2. The number of para-hydroxylation sites is 2. The Balaban J connectivity index is 1.29. The van der Waals surface area contributed by atoms with E-state index in [4.69, 9.17) is 21.3 Å². The lowest BCUT2D eigenvalue weighted by atomic mass is 10.2. The topological polar surface area (TPSA) is 33.5 Å². The van der Waals surface area contributed by atoms with E-state index in [0.29, 0.717) is 6.61 Å². The van der Waals surface area contributed by atoms with E-state index >= 15 is 0 Å². The first kappa shape index (κ1) is 23.1. The largest absolute Gasteiger partial charge is 0.494 e. The van der Waals surface area contributed by atoms with Crippen molar-refractivity contribution in [1.82, 2.24) is 19.4 Å². The molecule has 32 heavy (non-hydrogen) atoms. The summed E-state index contributed by atoms with van der Waals surface area (Å²) < 4.78 is 8.35.